The molecule has 1 unspecified atom stereocenters. The first-order chi connectivity index (χ1) is 15.2. The van der Waals surface area contributed by atoms with Gasteiger partial charge in [-0.25, -0.2) is 15.0 Å². The minimum Gasteiger partial charge on any atom is -0.379 e. The molecular weight excluding hydrogens is 414 g/mol. The molecule has 0 aliphatic carbocycles. The van der Waals surface area contributed by atoms with Crippen molar-refractivity contribution in [1.82, 2.24) is 29.8 Å². The molecule has 0 amide bonds. The molecule has 0 saturated carbocycles. The van der Waals surface area contributed by atoms with E-state index in [0.717, 1.165) is 66.5 Å². The van der Waals surface area contributed by atoms with Gasteiger partial charge in [-0.05, 0) is 24.4 Å². The van der Waals surface area contributed by atoms with Crippen LogP contribution in [0.1, 0.15) is 24.4 Å². The van der Waals surface area contributed by atoms with E-state index in [1.165, 1.54) is 6.33 Å². The lowest BCUT2D eigenvalue weighted by Crippen LogP contribution is -2.37. The van der Waals surface area contributed by atoms with Gasteiger partial charge in [0.1, 0.15) is 11.8 Å². The fourth-order valence-corrected chi connectivity index (χ4v) is 4.30. The average molecular weight is 438 g/mol. The van der Waals surface area contributed by atoms with Crippen LogP contribution < -0.4 is 5.32 Å². The van der Waals surface area contributed by atoms with E-state index in [1.54, 1.807) is 6.33 Å². The summed E-state index contributed by atoms with van der Waals surface area (Å²) in [5, 5.41) is 6.31. The van der Waals surface area contributed by atoms with Gasteiger partial charge in [-0.2, -0.15) is 0 Å². The molecule has 3 aromatic heterocycles. The van der Waals surface area contributed by atoms with Gasteiger partial charge in [-0.3, -0.25) is 9.88 Å². The summed E-state index contributed by atoms with van der Waals surface area (Å²) in [6.45, 7) is 6.49. The predicted molar refractivity (Wildman–Crippen MR) is 121 cm³/mol. The Balaban J connectivity index is 1.46. The summed E-state index contributed by atoms with van der Waals surface area (Å²) >= 11 is 6.58. The Labute approximate surface area is 185 Å². The number of fused-ring (bicyclic) bond motifs is 2. The first kappa shape index (κ1) is 20.1. The number of aromatic nitrogens is 5. The van der Waals surface area contributed by atoms with Crippen LogP contribution in [0.4, 0.5) is 5.82 Å². The molecule has 4 heterocycles. The molecule has 0 spiro atoms. The SMILES string of the molecule is CC(Nc1ncnc2[nH]cnc12)c1cc2cccc(Cl)c2c(CCN2CCOCC2)n1. The smallest absolute Gasteiger partial charge is 0.162 e. The highest BCUT2D eigenvalue weighted by molar-refractivity contribution is 6.35. The van der Waals surface area contributed by atoms with Crippen molar-refractivity contribution >= 4 is 39.4 Å². The number of H-pyrrole nitrogens is 1. The van der Waals surface area contributed by atoms with Gasteiger partial charge < -0.3 is 15.0 Å². The third-order valence-corrected chi connectivity index (χ3v) is 6.00. The molecule has 0 bridgehead atoms. The third kappa shape index (κ3) is 4.19. The van der Waals surface area contributed by atoms with Gasteiger partial charge in [0.2, 0.25) is 0 Å². The van der Waals surface area contributed by atoms with Crippen LogP contribution in [0.2, 0.25) is 5.02 Å². The largest absolute Gasteiger partial charge is 0.379 e. The molecule has 1 atom stereocenters. The highest BCUT2D eigenvalue weighted by atomic mass is 35.5. The summed E-state index contributed by atoms with van der Waals surface area (Å²) in [6, 6.07) is 8.03. The van der Waals surface area contributed by atoms with Crippen LogP contribution in [0.25, 0.3) is 21.9 Å². The van der Waals surface area contributed by atoms with E-state index in [1.807, 2.05) is 12.1 Å². The summed E-state index contributed by atoms with van der Waals surface area (Å²) in [7, 11) is 0. The zero-order valence-electron chi connectivity index (χ0n) is 17.3. The van der Waals surface area contributed by atoms with Gasteiger partial charge in [-0.15, -0.1) is 0 Å². The van der Waals surface area contributed by atoms with Gasteiger partial charge >= 0.3 is 0 Å². The molecule has 9 heteroatoms. The van der Waals surface area contributed by atoms with Crippen LogP contribution in [0.3, 0.4) is 0 Å². The molecule has 160 valence electrons. The number of anilines is 1. The van der Waals surface area contributed by atoms with E-state index in [-0.39, 0.29) is 6.04 Å². The van der Waals surface area contributed by atoms with Crippen molar-refractivity contribution < 1.29 is 4.74 Å². The number of halogens is 1. The van der Waals surface area contributed by atoms with E-state index < -0.39 is 0 Å². The maximum atomic E-state index is 6.58. The topological polar surface area (TPSA) is 91.9 Å². The maximum absolute atomic E-state index is 6.58. The quantitative estimate of drug-likeness (QED) is 0.476. The van der Waals surface area contributed by atoms with E-state index in [4.69, 9.17) is 21.3 Å². The molecule has 1 aliphatic heterocycles. The zero-order chi connectivity index (χ0) is 21.2. The summed E-state index contributed by atoms with van der Waals surface area (Å²) in [5.41, 5.74) is 3.37. The molecule has 4 aromatic rings. The van der Waals surface area contributed by atoms with E-state index >= 15 is 0 Å². The average Bonchev–Trinajstić information content (AvgIpc) is 3.28. The molecular formula is C22H24ClN7O. The van der Waals surface area contributed by atoms with Crippen molar-refractivity contribution in [3.8, 4) is 0 Å². The minimum absolute atomic E-state index is 0.0691. The lowest BCUT2D eigenvalue weighted by atomic mass is 10.0. The van der Waals surface area contributed by atoms with E-state index in [2.05, 4.69) is 49.2 Å². The Morgan fingerprint density at radius 2 is 2.10 bits per heavy atom. The van der Waals surface area contributed by atoms with Gasteiger partial charge in [0.15, 0.2) is 11.5 Å². The number of benzene rings is 1. The number of pyridine rings is 1. The molecule has 5 rings (SSSR count). The van der Waals surface area contributed by atoms with Crippen LogP contribution in [-0.2, 0) is 11.2 Å². The van der Waals surface area contributed by atoms with Crippen molar-refractivity contribution in [2.24, 2.45) is 0 Å². The monoisotopic (exact) mass is 437 g/mol. The van der Waals surface area contributed by atoms with Crippen molar-refractivity contribution in [2.45, 2.75) is 19.4 Å². The predicted octanol–water partition coefficient (Wildman–Crippen LogP) is 3.60. The van der Waals surface area contributed by atoms with Crippen LogP contribution in [0, 0.1) is 0 Å². The Hall–Kier alpha value is -2.81. The normalized spacial score (nSPS) is 16.1. The lowest BCUT2D eigenvalue weighted by molar-refractivity contribution is 0.0384. The number of rotatable bonds is 6. The standard InChI is InChI=1S/C22H24ClN7O/c1-14(28-22-20-21(25-12-24-20)26-13-27-22)18-11-15-3-2-4-16(23)19(15)17(29-18)5-6-30-7-9-31-10-8-30/h2-4,11-14H,5-10H2,1H3,(H2,24,25,26,27,28). The molecule has 1 saturated heterocycles. The lowest BCUT2D eigenvalue weighted by Gasteiger charge is -2.26. The number of nitrogens with one attached hydrogen (secondary N) is 2. The molecule has 1 aromatic carbocycles. The molecule has 31 heavy (non-hydrogen) atoms. The van der Waals surface area contributed by atoms with Gasteiger partial charge in [0.05, 0.1) is 42.0 Å². The second-order valence-electron chi connectivity index (χ2n) is 7.72. The Kier molecular flexibility index (Phi) is 5.67. The van der Waals surface area contributed by atoms with Gasteiger partial charge in [0, 0.05) is 31.4 Å². The van der Waals surface area contributed by atoms with E-state index in [9.17, 15) is 0 Å². The number of hydrogen-bond acceptors (Lipinski definition) is 7. The van der Waals surface area contributed by atoms with Crippen LogP contribution in [0.15, 0.2) is 36.9 Å². The number of aromatic amines is 1. The van der Waals surface area contributed by atoms with Crippen LogP contribution in [0.5, 0.6) is 0 Å². The summed E-state index contributed by atoms with van der Waals surface area (Å²) < 4.78 is 5.47. The fraction of sp³-hybridized carbons (Fsp3) is 0.364. The van der Waals surface area contributed by atoms with Crippen molar-refractivity contribution in [1.29, 1.82) is 0 Å². The number of imidazole rings is 1. The number of nitrogens with zero attached hydrogens (tertiary/aromatic N) is 5. The molecule has 1 aliphatic rings. The Morgan fingerprint density at radius 3 is 2.97 bits per heavy atom. The first-order valence-electron chi connectivity index (χ1n) is 10.5. The molecule has 0 radical (unpaired) electrons. The van der Waals surface area contributed by atoms with E-state index in [0.29, 0.717) is 17.0 Å². The minimum atomic E-state index is -0.0691. The second kappa shape index (κ2) is 8.74. The molecule has 8 nitrogen and oxygen atoms in total. The zero-order valence-corrected chi connectivity index (χ0v) is 18.1. The third-order valence-electron chi connectivity index (χ3n) is 5.68. The second-order valence-corrected chi connectivity index (χ2v) is 8.13. The number of hydrogen-bond donors (Lipinski definition) is 2. The Morgan fingerprint density at radius 1 is 1.23 bits per heavy atom. The van der Waals surface area contributed by atoms with Crippen LogP contribution in [-0.4, -0.2) is 62.7 Å². The van der Waals surface area contributed by atoms with Crippen molar-refractivity contribution in [3.63, 3.8) is 0 Å². The van der Waals surface area contributed by atoms with Gasteiger partial charge in [-0.1, -0.05) is 23.7 Å². The number of morpholine rings is 1. The van der Waals surface area contributed by atoms with Gasteiger partial charge in [0.25, 0.3) is 0 Å². The summed E-state index contributed by atoms with van der Waals surface area (Å²) in [5.74, 6) is 0.682. The Bertz CT molecular complexity index is 1210. The molecule has 1 fully saturated rings. The van der Waals surface area contributed by atoms with Crippen LogP contribution >= 0.6 is 11.6 Å². The van der Waals surface area contributed by atoms with Crippen molar-refractivity contribution in [3.05, 3.63) is 53.3 Å². The number of ether oxygens (including phenoxy) is 1. The highest BCUT2D eigenvalue weighted by Crippen LogP contribution is 2.30. The molecule has 2 N–H and O–H groups in total. The summed E-state index contributed by atoms with van der Waals surface area (Å²) in [6.07, 6.45) is 3.98. The fourth-order valence-electron chi connectivity index (χ4n) is 4.01. The summed E-state index contributed by atoms with van der Waals surface area (Å²) in [4.78, 5) is 23.4. The van der Waals surface area contributed by atoms with Crippen molar-refractivity contribution in [2.75, 3.05) is 38.2 Å². The highest BCUT2D eigenvalue weighted by Gasteiger charge is 2.17. The first-order valence-corrected chi connectivity index (χ1v) is 10.9. The maximum Gasteiger partial charge on any atom is 0.162 e.